The van der Waals surface area contributed by atoms with E-state index in [1.807, 2.05) is 0 Å². The van der Waals surface area contributed by atoms with Crippen LogP contribution in [0.1, 0.15) is 38.5 Å². The molecule has 9 nitrogen and oxygen atoms in total. The van der Waals surface area contributed by atoms with Gasteiger partial charge in [-0.3, -0.25) is 14.8 Å². The molecule has 3 aromatic rings. The van der Waals surface area contributed by atoms with Crippen molar-refractivity contribution in [3.05, 3.63) is 24.7 Å². The van der Waals surface area contributed by atoms with Gasteiger partial charge in [0.15, 0.2) is 5.60 Å². The summed E-state index contributed by atoms with van der Waals surface area (Å²) in [4.78, 5) is 18.9. The van der Waals surface area contributed by atoms with Crippen LogP contribution in [0, 0.1) is 0 Å². The molecule has 1 aliphatic heterocycles. The van der Waals surface area contributed by atoms with Gasteiger partial charge in [-0.1, -0.05) is 0 Å². The number of aromatic nitrogens is 5. The van der Waals surface area contributed by atoms with Crippen LogP contribution in [0.2, 0.25) is 0 Å². The summed E-state index contributed by atoms with van der Waals surface area (Å²) >= 11 is 0. The molecule has 3 aliphatic rings. The number of nitrogens with zero attached hydrogens (tertiary/aromatic N) is 5. The van der Waals surface area contributed by atoms with Gasteiger partial charge in [0, 0.05) is 36.5 Å². The first-order valence-electron chi connectivity index (χ1n) is 11.4. The number of likely N-dealkylation sites (tertiary alicyclic amines) is 1. The van der Waals surface area contributed by atoms with Crippen molar-refractivity contribution in [1.29, 1.82) is 0 Å². The molecule has 0 bridgehead atoms. The Morgan fingerprint density at radius 2 is 1.94 bits per heavy atom. The fraction of sp³-hybridized carbons (Fsp3) is 0.545. The van der Waals surface area contributed by atoms with Crippen molar-refractivity contribution < 1.29 is 27.5 Å². The summed E-state index contributed by atoms with van der Waals surface area (Å²) in [7, 11) is 0. The van der Waals surface area contributed by atoms with Crippen molar-refractivity contribution in [3.63, 3.8) is 0 Å². The predicted octanol–water partition coefficient (Wildman–Crippen LogP) is 3.78. The second kappa shape index (κ2) is 7.15. The monoisotopic (exact) mass is 493 g/mol. The normalized spacial score (nSPS) is 24.7. The highest BCUT2D eigenvalue weighted by molar-refractivity contribution is 5.94. The molecule has 1 saturated heterocycles. The van der Waals surface area contributed by atoms with Crippen LogP contribution in [0.25, 0.3) is 22.3 Å². The lowest BCUT2D eigenvalue weighted by Crippen LogP contribution is -2.60. The van der Waals surface area contributed by atoms with E-state index in [-0.39, 0.29) is 13.1 Å². The Bertz CT molecular complexity index is 1310. The zero-order valence-corrected chi connectivity index (χ0v) is 18.6. The molecule has 0 radical (unpaired) electrons. The van der Waals surface area contributed by atoms with E-state index < -0.39 is 41.9 Å². The molecule has 2 saturated carbocycles. The molecular formula is C22H23F4N7O2. The number of anilines is 1. The van der Waals surface area contributed by atoms with Crippen molar-refractivity contribution in [2.75, 3.05) is 11.9 Å². The Morgan fingerprint density at radius 3 is 2.63 bits per heavy atom. The van der Waals surface area contributed by atoms with Crippen LogP contribution in [0.4, 0.5) is 28.0 Å². The second-order valence-electron chi connectivity index (χ2n) is 10.0. The van der Waals surface area contributed by atoms with Gasteiger partial charge in [0.1, 0.15) is 11.4 Å². The molecule has 1 spiro atoms. The van der Waals surface area contributed by atoms with Crippen molar-refractivity contribution >= 4 is 22.6 Å². The van der Waals surface area contributed by atoms with E-state index in [1.54, 1.807) is 23.1 Å². The largest absolute Gasteiger partial charge is 0.417 e. The third kappa shape index (κ3) is 3.72. The summed E-state index contributed by atoms with van der Waals surface area (Å²) in [5.74, 6) is 0. The Hall–Kier alpha value is -3.22. The number of fused-ring (bicyclic) bond motifs is 1. The number of aromatic amines is 1. The molecule has 2 amide bonds. The van der Waals surface area contributed by atoms with E-state index >= 15 is 0 Å². The average molecular weight is 493 g/mol. The highest BCUT2D eigenvalue weighted by Gasteiger charge is 2.65. The molecule has 13 heteroatoms. The van der Waals surface area contributed by atoms with Gasteiger partial charge in [-0.25, -0.2) is 9.18 Å². The number of H-pyrrole nitrogens is 1. The number of hydrogen-bond donors (Lipinski definition) is 3. The Balaban J connectivity index is 1.23. The number of alkyl halides is 4. The number of carbonyl (C=O) groups excluding carboxylic acids is 1. The van der Waals surface area contributed by atoms with Crippen LogP contribution in [0.5, 0.6) is 0 Å². The lowest BCUT2D eigenvalue weighted by Gasteiger charge is -2.45. The van der Waals surface area contributed by atoms with E-state index in [0.717, 1.165) is 5.39 Å². The first-order valence-corrected chi connectivity index (χ1v) is 11.4. The smallest absolute Gasteiger partial charge is 0.380 e. The van der Waals surface area contributed by atoms with Crippen molar-refractivity contribution in [3.8, 4) is 11.4 Å². The number of amides is 2. The summed E-state index contributed by atoms with van der Waals surface area (Å²) in [6.07, 6.45) is 0.540. The van der Waals surface area contributed by atoms with Gasteiger partial charge in [0.25, 0.3) is 0 Å². The first kappa shape index (κ1) is 22.3. The summed E-state index contributed by atoms with van der Waals surface area (Å²) in [6, 6.07) is 1.16. The van der Waals surface area contributed by atoms with Gasteiger partial charge >= 0.3 is 12.2 Å². The Labute approximate surface area is 196 Å². The number of rotatable bonds is 4. The van der Waals surface area contributed by atoms with Crippen LogP contribution < -0.4 is 5.32 Å². The molecule has 186 valence electrons. The molecule has 6 rings (SSSR count). The second-order valence-corrected chi connectivity index (χ2v) is 10.0. The Morgan fingerprint density at radius 1 is 1.17 bits per heavy atom. The van der Waals surface area contributed by atoms with Crippen LogP contribution in [-0.2, 0) is 6.54 Å². The molecule has 1 atom stereocenters. The minimum Gasteiger partial charge on any atom is -0.380 e. The Kier molecular flexibility index (Phi) is 4.55. The number of urea groups is 1. The van der Waals surface area contributed by atoms with Crippen molar-refractivity contribution in [2.45, 2.75) is 68.1 Å². The minimum atomic E-state index is -4.75. The van der Waals surface area contributed by atoms with Crippen molar-refractivity contribution in [1.82, 2.24) is 29.9 Å². The molecule has 2 aliphatic carbocycles. The maximum Gasteiger partial charge on any atom is 0.417 e. The van der Waals surface area contributed by atoms with Gasteiger partial charge in [-0.2, -0.15) is 23.4 Å². The summed E-state index contributed by atoms with van der Waals surface area (Å²) in [5.41, 5.74) is -3.19. The predicted molar refractivity (Wildman–Crippen MR) is 116 cm³/mol. The van der Waals surface area contributed by atoms with Crippen LogP contribution >= 0.6 is 0 Å². The van der Waals surface area contributed by atoms with Crippen molar-refractivity contribution in [2.24, 2.45) is 0 Å². The average Bonchev–Trinajstić information content (AvgIpc) is 3.61. The van der Waals surface area contributed by atoms with Crippen LogP contribution in [0.3, 0.4) is 0 Å². The zero-order chi connectivity index (χ0) is 24.6. The summed E-state index contributed by atoms with van der Waals surface area (Å²) < 4.78 is 56.0. The quantitative estimate of drug-likeness (QED) is 0.479. The number of piperidine rings is 1. The summed E-state index contributed by atoms with van der Waals surface area (Å²) in [5, 5.41) is 24.7. The third-order valence-corrected chi connectivity index (χ3v) is 7.43. The van der Waals surface area contributed by atoms with Gasteiger partial charge in [0.05, 0.1) is 35.8 Å². The third-order valence-electron chi connectivity index (χ3n) is 7.43. The van der Waals surface area contributed by atoms with Gasteiger partial charge in [-0.05, 0) is 31.7 Å². The molecule has 0 aromatic carbocycles. The standard InChI is InChI=1S/C22H23F4N7O2/c23-19(1-2-19)12-33-16-7-14(27-8-13(16)9-29-33)17-15(10-28-31-17)30-18(34)32-6-5-21(35,22(24,25)26)11-20(32)3-4-20/h7-10,35H,1-6,11-12H2,(H,28,31)(H,30,34)/t21-/m1/s1. The highest BCUT2D eigenvalue weighted by Crippen LogP contribution is 2.55. The lowest BCUT2D eigenvalue weighted by molar-refractivity contribution is -0.277. The maximum absolute atomic E-state index is 14.3. The van der Waals surface area contributed by atoms with Gasteiger partial charge < -0.3 is 15.3 Å². The minimum absolute atomic E-state index is 0.147. The number of aliphatic hydroxyl groups is 1. The van der Waals surface area contributed by atoms with Gasteiger partial charge in [-0.15, -0.1) is 0 Å². The molecule has 3 aromatic heterocycles. The first-order chi connectivity index (χ1) is 16.5. The molecule has 35 heavy (non-hydrogen) atoms. The fourth-order valence-electron chi connectivity index (χ4n) is 4.97. The number of halogens is 4. The summed E-state index contributed by atoms with van der Waals surface area (Å²) in [6.45, 7) is -0.0722. The molecular weight excluding hydrogens is 470 g/mol. The maximum atomic E-state index is 14.3. The van der Waals surface area contributed by atoms with E-state index in [0.29, 0.717) is 48.3 Å². The molecule has 0 unspecified atom stereocenters. The van der Waals surface area contributed by atoms with E-state index in [9.17, 15) is 27.5 Å². The van der Waals surface area contributed by atoms with E-state index in [4.69, 9.17) is 0 Å². The SMILES string of the molecule is O=C(Nc1cn[nH]c1-c1cc2c(cn1)cnn2CC1(F)CC1)N1CC[C@](O)(C(F)(F)F)CC12CC2. The van der Waals surface area contributed by atoms with Crippen LogP contribution in [-0.4, -0.2) is 70.5 Å². The van der Waals surface area contributed by atoms with E-state index in [2.05, 4.69) is 25.6 Å². The molecule has 4 heterocycles. The highest BCUT2D eigenvalue weighted by atomic mass is 19.4. The molecule has 3 fully saturated rings. The number of hydrogen-bond acceptors (Lipinski definition) is 5. The zero-order valence-electron chi connectivity index (χ0n) is 18.6. The van der Waals surface area contributed by atoms with E-state index in [1.165, 1.54) is 11.1 Å². The van der Waals surface area contributed by atoms with Gasteiger partial charge in [0.2, 0.25) is 0 Å². The number of nitrogens with one attached hydrogen (secondary N) is 2. The number of pyridine rings is 1. The van der Waals surface area contributed by atoms with Crippen LogP contribution in [0.15, 0.2) is 24.7 Å². The molecule has 3 N–H and O–H groups in total. The fourth-order valence-corrected chi connectivity index (χ4v) is 4.97. The number of carbonyl (C=O) groups is 1. The lowest BCUT2D eigenvalue weighted by atomic mass is 9.84. The topological polar surface area (TPSA) is 112 Å².